The van der Waals surface area contributed by atoms with Crippen LogP contribution in [0.25, 0.3) is 0 Å². The molecular formula is C17H19IO3. The molecule has 1 N–H and O–H groups in total. The van der Waals surface area contributed by atoms with Crippen LogP contribution in [0.15, 0.2) is 24.3 Å². The zero-order valence-electron chi connectivity index (χ0n) is 12.7. The maximum absolute atomic E-state index is 10.2. The fourth-order valence-electron chi connectivity index (χ4n) is 2.55. The van der Waals surface area contributed by atoms with Gasteiger partial charge in [0.2, 0.25) is 0 Å². The summed E-state index contributed by atoms with van der Waals surface area (Å²) >= 11 is 1.90. The molecule has 2 rings (SSSR count). The van der Waals surface area contributed by atoms with E-state index < -0.39 is 0 Å². The zero-order chi connectivity index (χ0) is 15.6. The molecule has 0 unspecified atom stereocenters. The molecule has 4 heteroatoms. The van der Waals surface area contributed by atoms with Gasteiger partial charge >= 0.3 is 0 Å². The molecule has 0 spiro atoms. The molecule has 0 aromatic heterocycles. The average molecular weight is 398 g/mol. The van der Waals surface area contributed by atoms with E-state index in [4.69, 9.17) is 7.80 Å². The van der Waals surface area contributed by atoms with Crippen molar-refractivity contribution in [2.45, 2.75) is 27.2 Å². The number of methoxy groups -OCH3 is 1. The Morgan fingerprint density at radius 3 is 2.14 bits per heavy atom. The summed E-state index contributed by atoms with van der Waals surface area (Å²) in [6, 6.07) is 7.91. The molecule has 0 amide bonds. The minimum atomic E-state index is 0.334. The summed E-state index contributed by atoms with van der Waals surface area (Å²) in [6.45, 7) is 5.94. The largest absolute Gasteiger partial charge is 0.507 e. The second kappa shape index (κ2) is 6.56. The van der Waals surface area contributed by atoms with Crippen molar-refractivity contribution in [2.75, 3.05) is 7.11 Å². The van der Waals surface area contributed by atoms with Gasteiger partial charge in [-0.3, -0.25) is 0 Å². The molecule has 2 aromatic rings. The van der Waals surface area contributed by atoms with Gasteiger partial charge in [-0.1, -0.05) is 12.1 Å². The molecule has 0 radical (unpaired) electrons. The molecule has 0 bridgehead atoms. The Bertz CT molecular complexity index is 642. The molecule has 21 heavy (non-hydrogen) atoms. The summed E-state index contributed by atoms with van der Waals surface area (Å²) in [4.78, 5) is 0. The molecule has 0 aliphatic rings. The minimum absolute atomic E-state index is 0.334. The SMILES string of the molecule is COc1cc(C)c(O)c(Cc2cc(C)c(OI)c(C)c2)c1. The summed E-state index contributed by atoms with van der Waals surface area (Å²) in [6.07, 6.45) is 0.660. The van der Waals surface area contributed by atoms with Gasteiger partial charge in [0.05, 0.1) is 7.11 Å². The number of phenols is 1. The van der Waals surface area contributed by atoms with Crippen LogP contribution < -0.4 is 7.80 Å². The van der Waals surface area contributed by atoms with Crippen LogP contribution in [-0.4, -0.2) is 12.2 Å². The van der Waals surface area contributed by atoms with Gasteiger partial charge in [-0.15, -0.1) is 0 Å². The average Bonchev–Trinajstić information content (AvgIpc) is 2.43. The summed E-state index contributed by atoms with van der Waals surface area (Å²) in [5, 5.41) is 10.2. The number of benzene rings is 2. The fourth-order valence-corrected chi connectivity index (χ4v) is 3.25. The number of hydrogen-bond acceptors (Lipinski definition) is 3. The van der Waals surface area contributed by atoms with Crippen LogP contribution >= 0.6 is 23.0 Å². The predicted octanol–water partition coefficient (Wildman–Crippen LogP) is 4.65. The van der Waals surface area contributed by atoms with Crippen LogP contribution in [0.2, 0.25) is 0 Å². The first kappa shape index (κ1) is 15.9. The second-order valence-electron chi connectivity index (χ2n) is 5.26. The van der Waals surface area contributed by atoms with E-state index in [-0.39, 0.29) is 0 Å². The van der Waals surface area contributed by atoms with Gasteiger partial charge in [0.25, 0.3) is 0 Å². The number of ether oxygens (including phenoxy) is 1. The van der Waals surface area contributed by atoms with Crippen LogP contribution in [0.3, 0.4) is 0 Å². The van der Waals surface area contributed by atoms with E-state index in [1.165, 1.54) is 0 Å². The van der Waals surface area contributed by atoms with Crippen LogP contribution in [0.1, 0.15) is 27.8 Å². The lowest BCUT2D eigenvalue weighted by atomic mass is 9.98. The van der Waals surface area contributed by atoms with Crippen molar-refractivity contribution in [2.24, 2.45) is 0 Å². The van der Waals surface area contributed by atoms with Gasteiger partial charge in [0.15, 0.2) is 23.0 Å². The van der Waals surface area contributed by atoms with Crippen molar-refractivity contribution >= 4 is 23.0 Å². The molecule has 112 valence electrons. The van der Waals surface area contributed by atoms with E-state index in [1.54, 1.807) is 7.11 Å². The third-order valence-electron chi connectivity index (χ3n) is 3.58. The van der Waals surface area contributed by atoms with Crippen molar-refractivity contribution in [1.82, 2.24) is 0 Å². The zero-order valence-corrected chi connectivity index (χ0v) is 14.8. The number of phenolic OH excluding ortho intramolecular Hbond substituents is 1. The van der Waals surface area contributed by atoms with Crippen molar-refractivity contribution in [3.05, 3.63) is 52.1 Å². The lowest BCUT2D eigenvalue weighted by Gasteiger charge is -2.13. The molecule has 0 atom stereocenters. The Labute approximate surface area is 139 Å². The normalized spacial score (nSPS) is 10.5. The van der Waals surface area contributed by atoms with Gasteiger partial charge in [-0.05, 0) is 55.2 Å². The molecule has 0 fully saturated rings. The first-order valence-corrected chi connectivity index (χ1v) is 7.59. The Morgan fingerprint density at radius 1 is 1.00 bits per heavy atom. The topological polar surface area (TPSA) is 38.7 Å². The lowest BCUT2D eigenvalue weighted by Crippen LogP contribution is -1.96. The van der Waals surface area contributed by atoms with E-state index in [9.17, 15) is 5.11 Å². The highest BCUT2D eigenvalue weighted by Crippen LogP contribution is 2.32. The van der Waals surface area contributed by atoms with Crippen molar-refractivity contribution < 1.29 is 12.9 Å². The molecule has 0 heterocycles. The lowest BCUT2D eigenvalue weighted by molar-refractivity contribution is 0.410. The second-order valence-corrected chi connectivity index (χ2v) is 5.71. The minimum Gasteiger partial charge on any atom is -0.507 e. The number of aromatic hydroxyl groups is 1. The van der Waals surface area contributed by atoms with E-state index in [1.807, 2.05) is 55.9 Å². The summed E-state index contributed by atoms with van der Waals surface area (Å²) in [5.74, 6) is 2.01. The highest BCUT2D eigenvalue weighted by molar-refractivity contribution is 14.1. The smallest absolute Gasteiger partial charge is 0.192 e. The van der Waals surface area contributed by atoms with Gasteiger partial charge in [-0.2, -0.15) is 0 Å². The Hall–Kier alpha value is -1.43. The first-order chi connectivity index (χ1) is 9.96. The molecule has 3 nitrogen and oxygen atoms in total. The maximum atomic E-state index is 10.2. The van der Waals surface area contributed by atoms with Gasteiger partial charge < -0.3 is 12.9 Å². The third kappa shape index (κ3) is 3.43. The van der Waals surface area contributed by atoms with Crippen LogP contribution in [0.4, 0.5) is 0 Å². The Kier molecular flexibility index (Phi) is 4.98. The summed E-state index contributed by atoms with van der Waals surface area (Å²) < 4.78 is 10.6. The Morgan fingerprint density at radius 2 is 1.62 bits per heavy atom. The monoisotopic (exact) mass is 398 g/mol. The van der Waals surface area contributed by atoms with Gasteiger partial charge in [0, 0.05) is 12.0 Å². The number of rotatable bonds is 4. The van der Waals surface area contributed by atoms with E-state index >= 15 is 0 Å². The van der Waals surface area contributed by atoms with Crippen molar-refractivity contribution in [3.63, 3.8) is 0 Å². The number of hydrogen-bond donors (Lipinski definition) is 1. The van der Waals surface area contributed by atoms with Gasteiger partial charge in [0.1, 0.15) is 17.2 Å². The Balaban J connectivity index is 2.41. The molecule has 0 saturated heterocycles. The standard InChI is InChI=1S/C17H19IO3/c1-10-7-15(20-4)9-14(16(10)19)8-13-5-11(2)17(21-18)12(3)6-13/h5-7,9,19H,8H2,1-4H3. The van der Waals surface area contributed by atoms with Crippen LogP contribution in [0.5, 0.6) is 17.2 Å². The quantitative estimate of drug-likeness (QED) is 0.763. The van der Waals surface area contributed by atoms with Gasteiger partial charge in [-0.25, -0.2) is 0 Å². The van der Waals surface area contributed by atoms with Crippen molar-refractivity contribution in [1.29, 1.82) is 0 Å². The van der Waals surface area contributed by atoms with Crippen molar-refractivity contribution in [3.8, 4) is 17.2 Å². The number of aryl methyl sites for hydroxylation is 3. The van der Waals surface area contributed by atoms with E-state index in [0.717, 1.165) is 39.3 Å². The molecule has 0 saturated carbocycles. The highest BCUT2D eigenvalue weighted by Gasteiger charge is 2.11. The van der Waals surface area contributed by atoms with Crippen LogP contribution in [0, 0.1) is 20.8 Å². The summed E-state index contributed by atoms with van der Waals surface area (Å²) in [5.41, 5.74) is 5.03. The fraction of sp³-hybridized carbons (Fsp3) is 0.294. The van der Waals surface area contributed by atoms with Crippen LogP contribution in [-0.2, 0) is 6.42 Å². The maximum Gasteiger partial charge on any atom is 0.192 e. The third-order valence-corrected chi connectivity index (χ3v) is 4.02. The molecule has 2 aromatic carbocycles. The number of halogens is 1. The molecule has 0 aliphatic heterocycles. The summed E-state index contributed by atoms with van der Waals surface area (Å²) in [7, 11) is 1.64. The highest BCUT2D eigenvalue weighted by atomic mass is 127. The van der Waals surface area contributed by atoms with E-state index in [2.05, 4.69) is 12.1 Å². The van der Waals surface area contributed by atoms with E-state index in [0.29, 0.717) is 12.2 Å². The first-order valence-electron chi connectivity index (χ1n) is 6.71. The molecule has 0 aliphatic carbocycles. The predicted molar refractivity (Wildman–Crippen MR) is 92.8 cm³/mol. The molecular weight excluding hydrogens is 379 g/mol.